The number of carbonyl (C=O) groups is 1. The van der Waals surface area contributed by atoms with Crippen LogP contribution in [0.1, 0.15) is 43.6 Å². The molecule has 0 heterocycles. The van der Waals surface area contributed by atoms with Crippen molar-refractivity contribution in [3.8, 4) is 0 Å². The number of rotatable bonds is 4. The second kappa shape index (κ2) is 5.53. The first-order valence-electron chi connectivity index (χ1n) is 6.25. The highest BCUT2D eigenvalue weighted by atomic mass is 16.4. The Hall–Kier alpha value is -1.35. The topological polar surface area (TPSA) is 40.5 Å². The number of aromatic carboxylic acids is 1. The van der Waals surface area contributed by atoms with Gasteiger partial charge in [-0.25, -0.2) is 4.79 Å². The van der Waals surface area contributed by atoms with Gasteiger partial charge >= 0.3 is 5.97 Å². The molecule has 0 saturated heterocycles. The minimum absolute atomic E-state index is 0.174. The van der Waals surface area contributed by atoms with Crippen molar-refractivity contribution < 1.29 is 9.90 Å². The van der Waals surface area contributed by atoms with E-state index in [2.05, 4.69) is 32.6 Å². The van der Waals surface area contributed by atoms with Crippen molar-refractivity contribution >= 4 is 5.97 Å². The van der Waals surface area contributed by atoms with E-state index in [1.165, 1.54) is 0 Å². The lowest BCUT2D eigenvalue weighted by Crippen LogP contribution is -2.39. The van der Waals surface area contributed by atoms with Crippen molar-refractivity contribution in [2.75, 3.05) is 7.05 Å². The number of hydrogen-bond donors (Lipinski definition) is 1. The second-order valence-corrected chi connectivity index (χ2v) is 5.92. The molecule has 0 bridgehead atoms. The van der Waals surface area contributed by atoms with Crippen LogP contribution < -0.4 is 0 Å². The summed E-state index contributed by atoms with van der Waals surface area (Å²) in [4.78, 5) is 13.3. The second-order valence-electron chi connectivity index (χ2n) is 5.92. The first kappa shape index (κ1) is 14.7. The minimum Gasteiger partial charge on any atom is -0.478 e. The average molecular weight is 249 g/mol. The first-order chi connectivity index (χ1) is 8.23. The van der Waals surface area contributed by atoms with E-state index in [4.69, 9.17) is 5.11 Å². The zero-order valence-electron chi connectivity index (χ0n) is 11.9. The van der Waals surface area contributed by atoms with Gasteiger partial charge in [0.15, 0.2) is 0 Å². The van der Waals surface area contributed by atoms with Crippen molar-refractivity contribution in [3.63, 3.8) is 0 Å². The largest absolute Gasteiger partial charge is 0.478 e. The Balaban J connectivity index is 2.88. The molecule has 1 atom stereocenters. The summed E-state index contributed by atoms with van der Waals surface area (Å²) in [6.07, 6.45) is 0. The minimum atomic E-state index is -0.859. The van der Waals surface area contributed by atoms with E-state index in [0.29, 0.717) is 18.2 Å². The highest BCUT2D eigenvalue weighted by molar-refractivity contribution is 5.89. The van der Waals surface area contributed by atoms with Crippen LogP contribution in [0.5, 0.6) is 0 Å². The number of carboxylic acid groups (broad SMARTS) is 1. The summed E-state index contributed by atoms with van der Waals surface area (Å²) < 4.78 is 0. The third-order valence-electron chi connectivity index (χ3n) is 3.58. The van der Waals surface area contributed by atoms with Gasteiger partial charge in [0.2, 0.25) is 0 Å². The monoisotopic (exact) mass is 249 g/mol. The first-order valence-corrected chi connectivity index (χ1v) is 6.25. The molecular formula is C15H23NO2. The molecular weight excluding hydrogens is 226 g/mol. The van der Waals surface area contributed by atoms with E-state index in [9.17, 15) is 4.79 Å². The molecule has 18 heavy (non-hydrogen) atoms. The molecule has 0 aromatic heterocycles. The molecule has 0 fully saturated rings. The molecule has 0 aliphatic carbocycles. The zero-order chi connectivity index (χ0) is 13.9. The third kappa shape index (κ3) is 3.57. The molecule has 1 unspecified atom stereocenters. The van der Waals surface area contributed by atoms with Gasteiger partial charge in [0, 0.05) is 12.6 Å². The fourth-order valence-corrected chi connectivity index (χ4v) is 1.93. The molecule has 0 aliphatic heterocycles. The Labute approximate surface area is 109 Å². The molecule has 0 radical (unpaired) electrons. The van der Waals surface area contributed by atoms with Crippen LogP contribution in [0.25, 0.3) is 0 Å². The van der Waals surface area contributed by atoms with Crippen LogP contribution >= 0.6 is 0 Å². The normalized spacial score (nSPS) is 13.7. The van der Waals surface area contributed by atoms with Gasteiger partial charge in [0.25, 0.3) is 0 Å². The molecule has 1 aromatic rings. The van der Waals surface area contributed by atoms with Gasteiger partial charge in [0.1, 0.15) is 0 Å². The number of hydrogen-bond acceptors (Lipinski definition) is 2. The SMILES string of the molecule is CC(N(C)Cc1ccccc1C(=O)O)C(C)(C)C. The lowest BCUT2D eigenvalue weighted by atomic mass is 9.87. The molecule has 0 aliphatic rings. The van der Waals surface area contributed by atoms with E-state index in [1.807, 2.05) is 19.2 Å². The van der Waals surface area contributed by atoms with E-state index < -0.39 is 5.97 Å². The Morgan fingerprint density at radius 2 is 1.89 bits per heavy atom. The van der Waals surface area contributed by atoms with Crippen LogP contribution in [0.2, 0.25) is 0 Å². The van der Waals surface area contributed by atoms with Crippen LogP contribution in [0.15, 0.2) is 24.3 Å². The fourth-order valence-electron chi connectivity index (χ4n) is 1.93. The highest BCUT2D eigenvalue weighted by Crippen LogP contribution is 2.24. The summed E-state index contributed by atoms with van der Waals surface area (Å²) in [6, 6.07) is 7.57. The van der Waals surface area contributed by atoms with E-state index in [-0.39, 0.29) is 5.41 Å². The maximum absolute atomic E-state index is 11.2. The van der Waals surface area contributed by atoms with Gasteiger partial charge in [-0.1, -0.05) is 39.0 Å². The highest BCUT2D eigenvalue weighted by Gasteiger charge is 2.24. The Morgan fingerprint density at radius 1 is 1.33 bits per heavy atom. The summed E-state index contributed by atoms with van der Waals surface area (Å²) in [5, 5.41) is 9.16. The van der Waals surface area contributed by atoms with Crippen LogP contribution in [0.3, 0.4) is 0 Å². The average Bonchev–Trinajstić information content (AvgIpc) is 2.27. The summed E-state index contributed by atoms with van der Waals surface area (Å²) in [6.45, 7) is 9.40. The number of carboxylic acids is 1. The molecule has 0 amide bonds. The van der Waals surface area contributed by atoms with Crippen LogP contribution in [0.4, 0.5) is 0 Å². The Kier molecular flexibility index (Phi) is 4.52. The van der Waals surface area contributed by atoms with Gasteiger partial charge in [0.05, 0.1) is 5.56 Å². The predicted octanol–water partition coefficient (Wildman–Crippen LogP) is 3.25. The summed E-state index contributed by atoms with van der Waals surface area (Å²) in [5.41, 5.74) is 1.43. The Morgan fingerprint density at radius 3 is 2.39 bits per heavy atom. The lowest BCUT2D eigenvalue weighted by Gasteiger charge is -2.35. The van der Waals surface area contributed by atoms with Crippen LogP contribution in [-0.4, -0.2) is 29.1 Å². The molecule has 100 valence electrons. The van der Waals surface area contributed by atoms with Gasteiger partial charge in [-0.15, -0.1) is 0 Å². The number of benzene rings is 1. The molecule has 1 N–H and O–H groups in total. The van der Waals surface area contributed by atoms with E-state index >= 15 is 0 Å². The fraction of sp³-hybridized carbons (Fsp3) is 0.533. The third-order valence-corrected chi connectivity index (χ3v) is 3.58. The van der Waals surface area contributed by atoms with Crippen LogP contribution in [0, 0.1) is 5.41 Å². The van der Waals surface area contributed by atoms with Gasteiger partial charge in [-0.3, -0.25) is 4.90 Å². The van der Waals surface area contributed by atoms with Gasteiger partial charge in [-0.05, 0) is 31.0 Å². The van der Waals surface area contributed by atoms with E-state index in [1.54, 1.807) is 12.1 Å². The predicted molar refractivity (Wildman–Crippen MR) is 73.8 cm³/mol. The van der Waals surface area contributed by atoms with Crippen molar-refractivity contribution in [1.29, 1.82) is 0 Å². The molecule has 0 saturated carbocycles. The maximum Gasteiger partial charge on any atom is 0.336 e. The van der Waals surface area contributed by atoms with Crippen molar-refractivity contribution in [2.45, 2.75) is 40.3 Å². The van der Waals surface area contributed by atoms with Crippen molar-refractivity contribution in [1.82, 2.24) is 4.90 Å². The molecule has 1 aromatic carbocycles. The smallest absolute Gasteiger partial charge is 0.336 e. The van der Waals surface area contributed by atoms with Gasteiger partial charge < -0.3 is 5.11 Å². The van der Waals surface area contributed by atoms with Crippen molar-refractivity contribution in [2.24, 2.45) is 5.41 Å². The molecule has 1 rings (SSSR count). The number of nitrogens with zero attached hydrogens (tertiary/aromatic N) is 1. The van der Waals surface area contributed by atoms with Gasteiger partial charge in [-0.2, -0.15) is 0 Å². The molecule has 3 heteroatoms. The summed E-state index contributed by atoms with van der Waals surface area (Å²) >= 11 is 0. The lowest BCUT2D eigenvalue weighted by molar-refractivity contribution is 0.0693. The van der Waals surface area contributed by atoms with Crippen molar-refractivity contribution in [3.05, 3.63) is 35.4 Å². The standard InChI is InChI=1S/C15H23NO2/c1-11(15(2,3)4)16(5)10-12-8-6-7-9-13(12)14(17)18/h6-9,11H,10H2,1-5H3,(H,17,18). The summed E-state index contributed by atoms with van der Waals surface area (Å²) in [5.74, 6) is -0.859. The maximum atomic E-state index is 11.2. The quantitative estimate of drug-likeness (QED) is 0.890. The molecule has 3 nitrogen and oxygen atoms in total. The zero-order valence-corrected chi connectivity index (χ0v) is 11.9. The summed E-state index contributed by atoms with van der Waals surface area (Å²) in [7, 11) is 2.04. The van der Waals surface area contributed by atoms with Crippen LogP contribution in [-0.2, 0) is 6.54 Å². The Bertz CT molecular complexity index is 421. The van der Waals surface area contributed by atoms with E-state index in [0.717, 1.165) is 5.56 Å². The molecule has 0 spiro atoms.